The quantitative estimate of drug-likeness (QED) is 0.0421. The molecule has 0 atom stereocenters. The molecular weight excluding hydrogens is 856 g/mol. The molecule has 0 aromatic rings. The lowest BCUT2D eigenvalue weighted by atomic mass is 10.0. The van der Waals surface area contributed by atoms with Crippen molar-refractivity contribution in [2.75, 3.05) is 0 Å². The third-order valence-corrected chi connectivity index (χ3v) is 20.8. The van der Waals surface area contributed by atoms with Crippen LogP contribution in [0.4, 0.5) is 0 Å². The highest BCUT2D eigenvalue weighted by Crippen LogP contribution is 2.23. The van der Waals surface area contributed by atoms with E-state index in [1.54, 1.807) is 54.4 Å². The van der Waals surface area contributed by atoms with Gasteiger partial charge < -0.3 is 0 Å². The van der Waals surface area contributed by atoms with Crippen molar-refractivity contribution in [3.63, 3.8) is 0 Å². The molecule has 0 fully saturated rings. The summed E-state index contributed by atoms with van der Waals surface area (Å²) in [7, 11) is 0. The molecule has 0 aliphatic carbocycles. The summed E-state index contributed by atoms with van der Waals surface area (Å²) >= 11 is -0.534. The highest BCUT2D eigenvalue weighted by Gasteiger charge is 2.16. The number of hydrogen-bond donors (Lipinski definition) is 0. The van der Waals surface area contributed by atoms with Crippen LogP contribution < -0.4 is 0 Å². The van der Waals surface area contributed by atoms with Crippen molar-refractivity contribution in [1.82, 2.24) is 0 Å². The van der Waals surface area contributed by atoms with Gasteiger partial charge in [0.2, 0.25) is 0 Å². The molecule has 0 aliphatic heterocycles. The first-order chi connectivity index (χ1) is 34.8. The van der Waals surface area contributed by atoms with Gasteiger partial charge in [-0.05, 0) is 0 Å². The van der Waals surface area contributed by atoms with E-state index in [9.17, 15) is 0 Å². The van der Waals surface area contributed by atoms with E-state index in [2.05, 4.69) is 20.8 Å². The van der Waals surface area contributed by atoms with Crippen LogP contribution in [0.25, 0.3) is 0 Å². The molecule has 0 aliphatic rings. The zero-order valence-electron chi connectivity index (χ0n) is 50.2. The van der Waals surface area contributed by atoms with Gasteiger partial charge in [-0.15, -0.1) is 0 Å². The van der Waals surface area contributed by atoms with Gasteiger partial charge in [0.1, 0.15) is 0 Å². The summed E-state index contributed by atoms with van der Waals surface area (Å²) in [5, 5.41) is 5.03. The molecular formula is C69H141Al. The molecule has 0 N–H and O–H groups in total. The molecule has 0 amide bonds. The molecule has 0 nitrogen and oxygen atoms in total. The number of unbranched alkanes of at least 4 members (excludes halogenated alkanes) is 60. The second-order valence-corrected chi connectivity index (χ2v) is 27.9. The molecule has 0 spiro atoms. The Morgan fingerprint density at radius 2 is 0.200 bits per heavy atom. The minimum atomic E-state index is -0.534. The standard InChI is InChI=1S/3C23H47.Al/c3*1-3-5-7-9-11-13-15-17-19-21-23-22-20-18-16-14-12-10-8-6-4-2;/h3*1,3-23H2,2H3;. The maximum atomic E-state index is 2.32. The smallest absolute Gasteiger partial charge is 0.0939 e. The van der Waals surface area contributed by atoms with E-state index in [0.29, 0.717) is 0 Å². The Balaban J connectivity index is 3.98. The van der Waals surface area contributed by atoms with Crippen molar-refractivity contribution >= 4 is 14.1 Å². The van der Waals surface area contributed by atoms with Crippen LogP contribution in [0.2, 0.25) is 15.8 Å². The van der Waals surface area contributed by atoms with Crippen LogP contribution >= 0.6 is 0 Å². The Kier molecular flexibility index (Phi) is 68.1. The van der Waals surface area contributed by atoms with Crippen molar-refractivity contribution in [3.05, 3.63) is 0 Å². The predicted octanol–water partition coefficient (Wildman–Crippen LogP) is 27.1. The van der Waals surface area contributed by atoms with Gasteiger partial charge in [-0.2, -0.15) is 0 Å². The van der Waals surface area contributed by atoms with Gasteiger partial charge >= 0.3 is 0 Å². The summed E-state index contributed by atoms with van der Waals surface area (Å²) in [6.07, 6.45) is 94.3. The Bertz CT molecular complexity index is 741. The average Bonchev–Trinajstić information content (AvgIpc) is 3.37. The summed E-state index contributed by atoms with van der Waals surface area (Å²) in [5.41, 5.74) is 0. The molecule has 420 valence electrons. The number of rotatable bonds is 66. The zero-order valence-corrected chi connectivity index (χ0v) is 51.4. The molecule has 0 aromatic heterocycles. The minimum absolute atomic E-state index is 0.534. The Morgan fingerprint density at radius 1 is 0.114 bits per heavy atom. The van der Waals surface area contributed by atoms with Crippen molar-refractivity contribution in [2.24, 2.45) is 0 Å². The van der Waals surface area contributed by atoms with Crippen LogP contribution in [0.15, 0.2) is 0 Å². The molecule has 0 radical (unpaired) electrons. The van der Waals surface area contributed by atoms with E-state index in [1.807, 2.05) is 0 Å². The largest absolute Gasteiger partial charge is 0.261 e. The van der Waals surface area contributed by atoms with Crippen LogP contribution in [0.1, 0.15) is 425 Å². The lowest BCUT2D eigenvalue weighted by Crippen LogP contribution is -2.12. The molecule has 0 saturated carbocycles. The van der Waals surface area contributed by atoms with E-state index >= 15 is 0 Å². The summed E-state index contributed by atoms with van der Waals surface area (Å²) < 4.78 is 0. The monoisotopic (exact) mass is 997 g/mol. The Morgan fingerprint density at radius 3 is 0.300 bits per heavy atom. The Labute approximate surface area is 452 Å². The van der Waals surface area contributed by atoms with E-state index in [1.165, 1.54) is 366 Å². The maximum Gasteiger partial charge on any atom is 0.261 e. The normalized spacial score (nSPS) is 11.7. The van der Waals surface area contributed by atoms with Crippen molar-refractivity contribution in [1.29, 1.82) is 0 Å². The first kappa shape index (κ1) is 70.5. The fourth-order valence-corrected chi connectivity index (χ4v) is 15.5. The SMILES string of the molecule is CCCCCCCCCCCCCCCCCCCCCC[CH2][Al]([CH2]CCCCCCCCCCCCCCCCCCCCCC)[CH2]CCCCCCCCCCCCCCCCCCCCCC. The van der Waals surface area contributed by atoms with Gasteiger partial charge in [-0.1, -0.05) is 441 Å². The van der Waals surface area contributed by atoms with E-state index in [-0.39, 0.29) is 0 Å². The molecule has 0 bridgehead atoms. The molecule has 0 saturated heterocycles. The van der Waals surface area contributed by atoms with E-state index < -0.39 is 14.1 Å². The fourth-order valence-electron chi connectivity index (χ4n) is 12.0. The maximum absolute atomic E-state index is 2.32. The fraction of sp³-hybridized carbons (Fsp3) is 1.00. The third kappa shape index (κ3) is 64.6. The summed E-state index contributed by atoms with van der Waals surface area (Å²) in [6.45, 7) is 6.97. The van der Waals surface area contributed by atoms with Gasteiger partial charge in [0.15, 0.2) is 0 Å². The topological polar surface area (TPSA) is 0 Å². The van der Waals surface area contributed by atoms with E-state index in [0.717, 1.165) is 0 Å². The van der Waals surface area contributed by atoms with Gasteiger partial charge in [-0.25, -0.2) is 0 Å². The Hall–Kier alpha value is 0.532. The highest BCUT2D eigenvalue weighted by molar-refractivity contribution is 6.58. The predicted molar refractivity (Wildman–Crippen MR) is 328 cm³/mol. The lowest BCUT2D eigenvalue weighted by molar-refractivity contribution is 0.520. The van der Waals surface area contributed by atoms with Crippen LogP contribution in [-0.4, -0.2) is 14.1 Å². The first-order valence-electron chi connectivity index (χ1n) is 34.8. The summed E-state index contributed by atoms with van der Waals surface area (Å²) in [6, 6.07) is 0. The van der Waals surface area contributed by atoms with Crippen LogP contribution in [0.3, 0.4) is 0 Å². The lowest BCUT2D eigenvalue weighted by Gasteiger charge is -2.12. The zero-order chi connectivity index (χ0) is 50.2. The van der Waals surface area contributed by atoms with Crippen LogP contribution in [0, 0.1) is 0 Å². The number of hydrogen-bond acceptors (Lipinski definition) is 0. The molecule has 0 aromatic carbocycles. The third-order valence-electron chi connectivity index (χ3n) is 17.1. The molecule has 1 heteroatoms. The molecule has 70 heavy (non-hydrogen) atoms. The van der Waals surface area contributed by atoms with Gasteiger partial charge in [-0.3, -0.25) is 0 Å². The van der Waals surface area contributed by atoms with Crippen LogP contribution in [-0.2, 0) is 0 Å². The highest BCUT2D eigenvalue weighted by atomic mass is 27.2. The van der Waals surface area contributed by atoms with Crippen molar-refractivity contribution in [2.45, 2.75) is 441 Å². The van der Waals surface area contributed by atoms with Gasteiger partial charge in [0.05, 0.1) is 0 Å². The van der Waals surface area contributed by atoms with Crippen molar-refractivity contribution in [3.8, 4) is 0 Å². The first-order valence-corrected chi connectivity index (χ1v) is 37.3. The average molecular weight is 998 g/mol. The van der Waals surface area contributed by atoms with Crippen molar-refractivity contribution < 1.29 is 0 Å². The van der Waals surface area contributed by atoms with Gasteiger partial charge in [0.25, 0.3) is 14.1 Å². The molecule has 0 rings (SSSR count). The van der Waals surface area contributed by atoms with E-state index in [4.69, 9.17) is 0 Å². The molecule has 0 heterocycles. The second kappa shape index (κ2) is 67.5. The van der Waals surface area contributed by atoms with Crippen LogP contribution in [0.5, 0.6) is 0 Å². The van der Waals surface area contributed by atoms with Gasteiger partial charge in [0, 0.05) is 0 Å². The summed E-state index contributed by atoms with van der Waals surface area (Å²) in [4.78, 5) is 0. The minimum Gasteiger partial charge on any atom is -0.0939 e. The summed E-state index contributed by atoms with van der Waals surface area (Å²) in [5.74, 6) is 0. The molecule has 0 unspecified atom stereocenters. The second-order valence-electron chi connectivity index (χ2n) is 24.4.